The Morgan fingerprint density at radius 2 is 2.00 bits per heavy atom. The van der Waals surface area contributed by atoms with Gasteiger partial charge in [0.1, 0.15) is 6.33 Å². The highest BCUT2D eigenvalue weighted by Crippen LogP contribution is 2.37. The molecule has 0 saturated heterocycles. The molecule has 2 aromatic heterocycles. The lowest BCUT2D eigenvalue weighted by Crippen LogP contribution is -2.08. The molecule has 1 unspecified atom stereocenters. The Labute approximate surface area is 127 Å². The number of alkyl halides is 1. The number of fused-ring (bicyclic) bond motifs is 1. The number of nitrogens with zero attached hydrogens (tertiary/aromatic N) is 4. The average molecular weight is 299 g/mol. The third kappa shape index (κ3) is 2.40. The maximum atomic E-state index is 6.45. The van der Waals surface area contributed by atoms with Crippen LogP contribution in [0.15, 0.2) is 42.9 Å². The minimum atomic E-state index is 0.170. The molecule has 106 valence electrons. The molecule has 1 atom stereocenters. The van der Waals surface area contributed by atoms with E-state index in [1.807, 2.05) is 41.2 Å². The zero-order valence-corrected chi connectivity index (χ0v) is 12.2. The molecule has 0 radical (unpaired) electrons. The topological polar surface area (TPSA) is 43.6 Å². The highest BCUT2D eigenvalue weighted by Gasteiger charge is 2.30. The van der Waals surface area contributed by atoms with Crippen LogP contribution in [-0.2, 0) is 6.42 Å². The van der Waals surface area contributed by atoms with Gasteiger partial charge in [0.15, 0.2) is 5.65 Å². The molecule has 0 amide bonds. The monoisotopic (exact) mass is 298 g/mol. The minimum absolute atomic E-state index is 0.170. The summed E-state index contributed by atoms with van der Waals surface area (Å²) < 4.78 is 1.85. The lowest BCUT2D eigenvalue weighted by atomic mass is 10.1. The number of hydrogen-bond acceptors (Lipinski definition) is 3. The van der Waals surface area contributed by atoms with Crippen LogP contribution in [0.4, 0.5) is 0 Å². The molecular weight excluding hydrogens is 284 g/mol. The van der Waals surface area contributed by atoms with Gasteiger partial charge >= 0.3 is 0 Å². The lowest BCUT2D eigenvalue weighted by molar-refractivity contribution is 0.727. The van der Waals surface area contributed by atoms with Crippen LogP contribution in [0.1, 0.15) is 18.5 Å². The van der Waals surface area contributed by atoms with Gasteiger partial charge in [0, 0.05) is 11.8 Å². The maximum Gasteiger partial charge on any atom is 0.166 e. The quantitative estimate of drug-likeness (QED) is 0.694. The first-order chi connectivity index (χ1) is 10.3. The molecule has 5 heteroatoms. The van der Waals surface area contributed by atoms with Gasteiger partial charge in [0.25, 0.3) is 0 Å². The van der Waals surface area contributed by atoms with Gasteiger partial charge in [-0.1, -0.05) is 18.2 Å². The van der Waals surface area contributed by atoms with E-state index in [2.05, 4.69) is 15.1 Å². The van der Waals surface area contributed by atoms with Crippen LogP contribution in [0.2, 0.25) is 0 Å². The van der Waals surface area contributed by atoms with E-state index in [4.69, 9.17) is 11.6 Å². The molecule has 2 heterocycles. The first-order valence-electron chi connectivity index (χ1n) is 7.20. The van der Waals surface area contributed by atoms with Gasteiger partial charge < -0.3 is 0 Å². The Kier molecular flexibility index (Phi) is 3.11. The van der Waals surface area contributed by atoms with E-state index < -0.39 is 0 Å². The number of para-hydroxylation sites is 1. The van der Waals surface area contributed by atoms with Gasteiger partial charge in [-0.3, -0.25) is 0 Å². The van der Waals surface area contributed by atoms with Crippen molar-refractivity contribution >= 4 is 22.6 Å². The normalized spacial score (nSPS) is 16.2. The largest absolute Gasteiger partial charge is 0.240 e. The summed E-state index contributed by atoms with van der Waals surface area (Å²) in [5.74, 6) is 0.654. The van der Waals surface area contributed by atoms with Crippen LogP contribution >= 0.6 is 11.6 Å². The number of halogens is 1. The Morgan fingerprint density at radius 3 is 2.76 bits per heavy atom. The number of rotatable bonds is 4. The second-order valence-corrected chi connectivity index (χ2v) is 6.07. The minimum Gasteiger partial charge on any atom is -0.240 e. The van der Waals surface area contributed by atoms with Crippen molar-refractivity contribution in [3.05, 3.63) is 48.5 Å². The summed E-state index contributed by atoms with van der Waals surface area (Å²) in [5.41, 5.74) is 2.83. The number of aromatic nitrogens is 4. The van der Waals surface area contributed by atoms with Crippen molar-refractivity contribution in [2.75, 3.05) is 0 Å². The molecule has 0 aliphatic heterocycles. The molecule has 1 aliphatic rings. The van der Waals surface area contributed by atoms with Crippen LogP contribution in [0, 0.1) is 5.92 Å². The summed E-state index contributed by atoms with van der Waals surface area (Å²) in [7, 11) is 0. The molecule has 0 bridgehead atoms. The van der Waals surface area contributed by atoms with Crippen LogP contribution in [0.25, 0.3) is 16.7 Å². The van der Waals surface area contributed by atoms with Crippen molar-refractivity contribution in [3.8, 4) is 5.69 Å². The van der Waals surface area contributed by atoms with E-state index in [0.717, 1.165) is 28.8 Å². The fourth-order valence-corrected chi connectivity index (χ4v) is 3.02. The predicted octanol–water partition coefficient (Wildman–Crippen LogP) is 3.38. The second kappa shape index (κ2) is 5.11. The zero-order valence-electron chi connectivity index (χ0n) is 11.5. The SMILES string of the molecule is ClC(Cc1ncnc2c1cnn2-c1ccccc1)C1CC1. The predicted molar refractivity (Wildman–Crippen MR) is 82.7 cm³/mol. The van der Waals surface area contributed by atoms with Crippen molar-refractivity contribution in [2.45, 2.75) is 24.6 Å². The molecule has 1 aliphatic carbocycles. The molecular formula is C16H15ClN4. The van der Waals surface area contributed by atoms with Crippen LogP contribution < -0.4 is 0 Å². The molecule has 4 rings (SSSR count). The van der Waals surface area contributed by atoms with Gasteiger partial charge in [-0.2, -0.15) is 5.10 Å². The summed E-state index contributed by atoms with van der Waals surface area (Å²) in [6.45, 7) is 0. The van der Waals surface area contributed by atoms with Gasteiger partial charge in [-0.15, -0.1) is 11.6 Å². The molecule has 1 aromatic carbocycles. The summed E-state index contributed by atoms with van der Waals surface area (Å²) in [4.78, 5) is 8.81. The first-order valence-corrected chi connectivity index (χ1v) is 7.63. The summed E-state index contributed by atoms with van der Waals surface area (Å²) >= 11 is 6.45. The number of hydrogen-bond donors (Lipinski definition) is 0. The highest BCUT2D eigenvalue weighted by atomic mass is 35.5. The average Bonchev–Trinajstić information content (AvgIpc) is 3.28. The first kappa shape index (κ1) is 12.8. The van der Waals surface area contributed by atoms with Crippen molar-refractivity contribution < 1.29 is 0 Å². The van der Waals surface area contributed by atoms with E-state index in [1.54, 1.807) is 6.33 Å². The van der Waals surface area contributed by atoms with Gasteiger partial charge in [0.05, 0.1) is 23.0 Å². The molecule has 1 fully saturated rings. The van der Waals surface area contributed by atoms with Crippen molar-refractivity contribution in [1.82, 2.24) is 19.7 Å². The second-order valence-electron chi connectivity index (χ2n) is 5.51. The highest BCUT2D eigenvalue weighted by molar-refractivity contribution is 6.21. The molecule has 0 N–H and O–H groups in total. The lowest BCUT2D eigenvalue weighted by Gasteiger charge is -2.08. The third-order valence-corrected chi connectivity index (χ3v) is 4.48. The Bertz CT molecular complexity index is 764. The molecule has 3 aromatic rings. The summed E-state index contributed by atoms with van der Waals surface area (Å²) in [6, 6.07) is 10.0. The van der Waals surface area contributed by atoms with E-state index in [-0.39, 0.29) is 5.38 Å². The van der Waals surface area contributed by atoms with Gasteiger partial charge in [-0.25, -0.2) is 14.6 Å². The van der Waals surface area contributed by atoms with E-state index in [1.165, 1.54) is 12.8 Å². The molecule has 21 heavy (non-hydrogen) atoms. The van der Waals surface area contributed by atoms with Crippen LogP contribution in [-0.4, -0.2) is 25.1 Å². The summed E-state index contributed by atoms with van der Waals surface area (Å²) in [5, 5.41) is 5.63. The van der Waals surface area contributed by atoms with Gasteiger partial charge in [0.2, 0.25) is 0 Å². The maximum absolute atomic E-state index is 6.45. The standard InChI is InChI=1S/C16H15ClN4/c17-14(11-6-7-11)8-15-13-9-20-21(16(13)19-10-18-15)12-4-2-1-3-5-12/h1-5,9-11,14H,6-8H2. The van der Waals surface area contributed by atoms with E-state index >= 15 is 0 Å². The third-order valence-electron chi connectivity index (χ3n) is 3.97. The Hall–Kier alpha value is -1.94. The molecule has 0 spiro atoms. The molecule has 1 saturated carbocycles. The van der Waals surface area contributed by atoms with Crippen molar-refractivity contribution in [3.63, 3.8) is 0 Å². The smallest absolute Gasteiger partial charge is 0.166 e. The Balaban J connectivity index is 1.75. The van der Waals surface area contributed by atoms with Gasteiger partial charge in [-0.05, 0) is 30.9 Å². The van der Waals surface area contributed by atoms with E-state index in [9.17, 15) is 0 Å². The fraction of sp³-hybridized carbons (Fsp3) is 0.312. The van der Waals surface area contributed by atoms with Crippen LogP contribution in [0.5, 0.6) is 0 Å². The fourth-order valence-electron chi connectivity index (χ4n) is 2.62. The number of benzene rings is 1. The van der Waals surface area contributed by atoms with Crippen molar-refractivity contribution in [1.29, 1.82) is 0 Å². The summed E-state index contributed by atoms with van der Waals surface area (Å²) in [6.07, 6.45) is 6.71. The Morgan fingerprint density at radius 1 is 1.19 bits per heavy atom. The zero-order chi connectivity index (χ0) is 14.2. The van der Waals surface area contributed by atoms with Crippen LogP contribution in [0.3, 0.4) is 0 Å². The molecule has 4 nitrogen and oxygen atoms in total. The van der Waals surface area contributed by atoms with E-state index in [0.29, 0.717) is 5.92 Å². The van der Waals surface area contributed by atoms with Crippen molar-refractivity contribution in [2.24, 2.45) is 5.92 Å².